The fraction of sp³-hybridized carbons (Fsp3) is 0.278. The number of carbonyl (C=O) groups is 1. The van der Waals surface area contributed by atoms with E-state index in [1.165, 1.54) is 11.1 Å². The molecule has 1 aliphatic heterocycles. The van der Waals surface area contributed by atoms with Gasteiger partial charge in [0.1, 0.15) is 6.04 Å². The summed E-state index contributed by atoms with van der Waals surface area (Å²) in [6.07, 6.45) is 0.499. The van der Waals surface area contributed by atoms with Crippen molar-refractivity contribution in [3.63, 3.8) is 0 Å². The van der Waals surface area contributed by atoms with Crippen LogP contribution in [0.4, 0.5) is 5.69 Å². The van der Waals surface area contributed by atoms with Gasteiger partial charge in [0.2, 0.25) is 0 Å². The number of carboxylic acids is 1. The molecule has 0 saturated carbocycles. The van der Waals surface area contributed by atoms with Crippen LogP contribution < -0.4 is 5.32 Å². The van der Waals surface area contributed by atoms with Crippen LogP contribution in [0.1, 0.15) is 34.6 Å². The van der Waals surface area contributed by atoms with Crippen molar-refractivity contribution in [1.29, 1.82) is 0 Å². The van der Waals surface area contributed by atoms with Gasteiger partial charge in [-0.2, -0.15) is 0 Å². The third-order valence-electron chi connectivity index (χ3n) is 4.35. The van der Waals surface area contributed by atoms with E-state index >= 15 is 0 Å². The van der Waals surface area contributed by atoms with Crippen molar-refractivity contribution in [3.05, 3.63) is 62.1 Å². The first-order valence-electron chi connectivity index (χ1n) is 7.42. The average molecular weight is 395 g/mol. The quantitative estimate of drug-likeness (QED) is 0.743. The minimum Gasteiger partial charge on any atom is -0.480 e. The van der Waals surface area contributed by atoms with Crippen LogP contribution in [0.15, 0.2) is 34.8 Å². The molecule has 0 bridgehead atoms. The zero-order chi connectivity index (χ0) is 16.7. The van der Waals surface area contributed by atoms with E-state index in [2.05, 4.69) is 53.3 Å². The van der Waals surface area contributed by atoms with Gasteiger partial charge in [-0.05, 0) is 49.1 Å². The van der Waals surface area contributed by atoms with Crippen molar-refractivity contribution in [3.8, 4) is 0 Å². The minimum absolute atomic E-state index is 0.00273. The first-order valence-corrected chi connectivity index (χ1v) is 8.59. The van der Waals surface area contributed by atoms with Gasteiger partial charge < -0.3 is 10.4 Å². The van der Waals surface area contributed by atoms with Crippen LogP contribution in [0, 0.1) is 13.8 Å². The minimum atomic E-state index is -0.857. The van der Waals surface area contributed by atoms with Crippen molar-refractivity contribution in [2.24, 2.45) is 0 Å². The Labute approximate surface area is 148 Å². The molecule has 0 spiro atoms. The lowest BCUT2D eigenvalue weighted by Gasteiger charge is -2.33. The molecule has 0 fully saturated rings. The second-order valence-corrected chi connectivity index (χ2v) is 7.36. The van der Waals surface area contributed by atoms with Crippen LogP contribution >= 0.6 is 27.5 Å². The lowest BCUT2D eigenvalue weighted by atomic mass is 9.80. The highest BCUT2D eigenvalue weighted by atomic mass is 79.9. The topological polar surface area (TPSA) is 49.3 Å². The largest absolute Gasteiger partial charge is 0.480 e. The normalized spacial score (nSPS) is 19.8. The number of rotatable bonds is 2. The number of anilines is 1. The molecule has 0 aliphatic carbocycles. The van der Waals surface area contributed by atoms with Crippen molar-refractivity contribution in [2.75, 3.05) is 5.32 Å². The Morgan fingerprint density at radius 3 is 2.65 bits per heavy atom. The number of hydrogen-bond donors (Lipinski definition) is 2. The van der Waals surface area contributed by atoms with E-state index in [4.69, 9.17) is 11.6 Å². The summed E-state index contributed by atoms with van der Waals surface area (Å²) in [4.78, 5) is 11.5. The van der Waals surface area contributed by atoms with Crippen LogP contribution in [-0.4, -0.2) is 17.1 Å². The summed E-state index contributed by atoms with van der Waals surface area (Å²) in [5.74, 6) is -0.854. The number of hydrogen-bond acceptors (Lipinski definition) is 2. The number of halogens is 2. The molecule has 2 aromatic carbocycles. The molecule has 2 unspecified atom stereocenters. The molecule has 2 atom stereocenters. The fourth-order valence-corrected chi connectivity index (χ4v) is 4.18. The predicted molar refractivity (Wildman–Crippen MR) is 96.6 cm³/mol. The van der Waals surface area contributed by atoms with Crippen LogP contribution in [0.2, 0.25) is 5.02 Å². The van der Waals surface area contributed by atoms with Gasteiger partial charge in [0.25, 0.3) is 0 Å². The lowest BCUT2D eigenvalue weighted by Crippen LogP contribution is -2.35. The number of nitrogens with one attached hydrogen (secondary N) is 1. The van der Waals surface area contributed by atoms with Gasteiger partial charge in [-0.1, -0.05) is 51.3 Å². The molecule has 1 aliphatic rings. The summed E-state index contributed by atoms with van der Waals surface area (Å²) in [7, 11) is 0. The van der Waals surface area contributed by atoms with Crippen LogP contribution in [0.3, 0.4) is 0 Å². The second kappa shape index (κ2) is 6.17. The molecule has 1 heterocycles. The first kappa shape index (κ1) is 16.3. The molecule has 3 rings (SSSR count). The molecule has 0 saturated heterocycles. The van der Waals surface area contributed by atoms with E-state index in [1.807, 2.05) is 6.07 Å². The van der Waals surface area contributed by atoms with E-state index in [0.29, 0.717) is 11.4 Å². The Hall–Kier alpha value is -1.52. The Morgan fingerprint density at radius 2 is 2.00 bits per heavy atom. The fourth-order valence-electron chi connectivity index (χ4n) is 3.29. The number of aryl methyl sites for hydroxylation is 2. The van der Waals surface area contributed by atoms with E-state index in [9.17, 15) is 9.90 Å². The van der Waals surface area contributed by atoms with Crippen LogP contribution in [0.5, 0.6) is 0 Å². The molecular weight excluding hydrogens is 378 g/mol. The van der Waals surface area contributed by atoms with Crippen molar-refractivity contribution < 1.29 is 9.90 Å². The highest BCUT2D eigenvalue weighted by Crippen LogP contribution is 2.44. The van der Waals surface area contributed by atoms with Crippen molar-refractivity contribution in [1.82, 2.24) is 0 Å². The smallest absolute Gasteiger partial charge is 0.326 e. The van der Waals surface area contributed by atoms with E-state index < -0.39 is 12.0 Å². The third-order valence-corrected chi connectivity index (χ3v) is 5.11. The Bertz CT molecular complexity index is 791. The molecule has 120 valence electrons. The van der Waals surface area contributed by atoms with Gasteiger partial charge in [0.05, 0.1) is 10.7 Å². The summed E-state index contributed by atoms with van der Waals surface area (Å²) in [6.45, 7) is 4.13. The van der Waals surface area contributed by atoms with Gasteiger partial charge >= 0.3 is 5.97 Å². The standard InChI is InChI=1S/C18H17BrClNO2/c1-9-3-4-12(10(2)5-9)13-8-16(18(22)23)21-17-14(13)6-11(19)7-15(17)20/h3-7,13,16,21H,8H2,1-2H3,(H,22,23). The number of benzene rings is 2. The van der Waals surface area contributed by atoms with Crippen molar-refractivity contribution >= 4 is 39.2 Å². The van der Waals surface area contributed by atoms with E-state index in [1.54, 1.807) is 6.07 Å². The van der Waals surface area contributed by atoms with Crippen LogP contribution in [0.25, 0.3) is 0 Å². The average Bonchev–Trinajstić information content (AvgIpc) is 2.46. The maximum Gasteiger partial charge on any atom is 0.326 e. The molecule has 2 aromatic rings. The summed E-state index contributed by atoms with van der Waals surface area (Å²) in [6, 6.07) is 9.46. The monoisotopic (exact) mass is 393 g/mol. The Kier molecular flexibility index (Phi) is 4.39. The molecule has 2 N–H and O–H groups in total. The van der Waals surface area contributed by atoms with E-state index in [0.717, 1.165) is 21.3 Å². The summed E-state index contributed by atoms with van der Waals surface area (Å²) in [5, 5.41) is 13.1. The van der Waals surface area contributed by atoms with Gasteiger partial charge in [-0.3, -0.25) is 0 Å². The highest BCUT2D eigenvalue weighted by Gasteiger charge is 2.33. The van der Waals surface area contributed by atoms with Crippen LogP contribution in [-0.2, 0) is 4.79 Å². The maximum atomic E-state index is 11.5. The summed E-state index contributed by atoms with van der Waals surface area (Å²) < 4.78 is 0.895. The molecule has 0 amide bonds. The summed E-state index contributed by atoms with van der Waals surface area (Å²) in [5.41, 5.74) is 5.27. The third kappa shape index (κ3) is 3.10. The van der Waals surface area contributed by atoms with Crippen molar-refractivity contribution in [2.45, 2.75) is 32.2 Å². The van der Waals surface area contributed by atoms with Gasteiger partial charge in [0.15, 0.2) is 0 Å². The lowest BCUT2D eigenvalue weighted by molar-refractivity contribution is -0.138. The zero-order valence-electron chi connectivity index (χ0n) is 12.9. The molecule has 0 radical (unpaired) electrons. The molecule has 23 heavy (non-hydrogen) atoms. The van der Waals surface area contributed by atoms with Gasteiger partial charge in [0, 0.05) is 10.4 Å². The zero-order valence-corrected chi connectivity index (χ0v) is 15.2. The number of aliphatic carboxylic acids is 1. The highest BCUT2D eigenvalue weighted by molar-refractivity contribution is 9.10. The predicted octanol–water partition coefficient (Wildman–Crippen LogP) is 5.12. The number of carboxylic acid groups (broad SMARTS) is 1. The molecule has 5 heteroatoms. The first-order chi connectivity index (χ1) is 10.9. The van der Waals surface area contributed by atoms with E-state index in [-0.39, 0.29) is 5.92 Å². The summed E-state index contributed by atoms with van der Waals surface area (Å²) >= 11 is 9.84. The second-order valence-electron chi connectivity index (χ2n) is 6.04. The molecule has 0 aromatic heterocycles. The Balaban J connectivity index is 2.18. The molecular formula is C18H17BrClNO2. The maximum absolute atomic E-state index is 11.5. The van der Waals surface area contributed by atoms with Gasteiger partial charge in [-0.15, -0.1) is 0 Å². The number of fused-ring (bicyclic) bond motifs is 1. The molecule has 3 nitrogen and oxygen atoms in total. The SMILES string of the molecule is Cc1ccc(C2CC(C(=O)O)Nc3c(Cl)cc(Br)cc32)c(C)c1. The van der Waals surface area contributed by atoms with Gasteiger partial charge in [-0.25, -0.2) is 4.79 Å². The Morgan fingerprint density at radius 1 is 1.26 bits per heavy atom.